The van der Waals surface area contributed by atoms with Crippen LogP contribution >= 0.6 is 0 Å². The van der Waals surface area contributed by atoms with E-state index in [0.717, 1.165) is 5.56 Å². The normalized spacial score (nSPS) is 10.7. The molecule has 1 amide bonds. The summed E-state index contributed by atoms with van der Waals surface area (Å²) < 4.78 is 10.6. The first kappa shape index (κ1) is 14.8. The van der Waals surface area contributed by atoms with E-state index in [1.54, 1.807) is 14.0 Å². The van der Waals surface area contributed by atoms with Crippen molar-refractivity contribution in [3.05, 3.63) is 57.8 Å². The lowest BCUT2D eigenvalue weighted by Crippen LogP contribution is -2.24. The number of hydrogen-bond donors (Lipinski definition) is 2. The lowest BCUT2D eigenvalue weighted by molar-refractivity contribution is 0.0950. The van der Waals surface area contributed by atoms with Crippen molar-refractivity contribution in [3.63, 3.8) is 0 Å². The summed E-state index contributed by atoms with van der Waals surface area (Å²) in [5, 5.41) is 2.93. The molecule has 0 atom stereocenters. The number of amides is 1. The maximum atomic E-state index is 12.5. The van der Waals surface area contributed by atoms with Crippen LogP contribution in [0.15, 0.2) is 39.8 Å². The van der Waals surface area contributed by atoms with Crippen molar-refractivity contribution < 1.29 is 13.9 Å². The highest BCUT2D eigenvalue weighted by molar-refractivity contribution is 6.06. The Hall–Kier alpha value is -3.09. The zero-order chi connectivity index (χ0) is 16.4. The molecule has 7 nitrogen and oxygen atoms in total. The zero-order valence-electron chi connectivity index (χ0n) is 12.7. The Morgan fingerprint density at radius 3 is 2.96 bits per heavy atom. The van der Waals surface area contributed by atoms with Gasteiger partial charge in [0, 0.05) is 12.1 Å². The number of para-hydroxylation sites is 1. The molecule has 2 aromatic heterocycles. The van der Waals surface area contributed by atoms with Crippen LogP contribution in [0.4, 0.5) is 0 Å². The zero-order valence-corrected chi connectivity index (χ0v) is 12.7. The molecule has 118 valence electrons. The minimum Gasteiger partial charge on any atom is -0.496 e. The predicted molar refractivity (Wildman–Crippen MR) is 83.5 cm³/mol. The highest BCUT2D eigenvalue weighted by Crippen LogP contribution is 2.21. The number of carbonyl (C=O) groups is 1. The van der Waals surface area contributed by atoms with Crippen LogP contribution in [0, 0.1) is 6.92 Å². The topological polar surface area (TPSA) is 97.2 Å². The molecule has 0 fully saturated rings. The van der Waals surface area contributed by atoms with E-state index >= 15 is 0 Å². The van der Waals surface area contributed by atoms with Crippen molar-refractivity contribution in [2.24, 2.45) is 0 Å². The summed E-state index contributed by atoms with van der Waals surface area (Å²) in [7, 11) is 1.57. The van der Waals surface area contributed by atoms with Crippen molar-refractivity contribution in [3.8, 4) is 5.75 Å². The first-order chi connectivity index (χ1) is 11.1. The first-order valence-corrected chi connectivity index (χ1v) is 6.98. The molecule has 0 unspecified atom stereocenters. The van der Waals surface area contributed by atoms with Crippen molar-refractivity contribution in [1.29, 1.82) is 0 Å². The van der Waals surface area contributed by atoms with E-state index in [1.165, 1.54) is 6.33 Å². The van der Waals surface area contributed by atoms with Crippen molar-refractivity contribution in [2.75, 3.05) is 7.11 Å². The van der Waals surface area contributed by atoms with Gasteiger partial charge < -0.3 is 19.5 Å². The van der Waals surface area contributed by atoms with E-state index in [9.17, 15) is 9.59 Å². The van der Waals surface area contributed by atoms with E-state index in [0.29, 0.717) is 11.5 Å². The fraction of sp³-hybridized carbons (Fsp3) is 0.188. The first-order valence-electron chi connectivity index (χ1n) is 6.98. The van der Waals surface area contributed by atoms with Gasteiger partial charge in [-0.2, -0.15) is 0 Å². The van der Waals surface area contributed by atoms with Gasteiger partial charge in [-0.05, 0) is 13.0 Å². The number of ether oxygens (including phenoxy) is 1. The number of aryl methyl sites for hydroxylation is 1. The Labute approximate surface area is 131 Å². The summed E-state index contributed by atoms with van der Waals surface area (Å²) >= 11 is 0. The molecule has 0 spiro atoms. The molecule has 0 aliphatic carbocycles. The number of rotatable bonds is 4. The number of nitrogens with one attached hydrogen (secondary N) is 2. The number of H-pyrrole nitrogens is 1. The van der Waals surface area contributed by atoms with Gasteiger partial charge in [0.15, 0.2) is 0 Å². The molecule has 3 aromatic rings. The van der Waals surface area contributed by atoms with Crippen molar-refractivity contribution in [1.82, 2.24) is 15.3 Å². The predicted octanol–water partition coefficient (Wildman–Crippen LogP) is 1.76. The number of carbonyl (C=O) groups excluding carboxylic acids is 1. The minimum atomic E-state index is -0.408. The summed E-state index contributed by atoms with van der Waals surface area (Å²) in [5.74, 6) is 0.633. The molecule has 2 N–H and O–H groups in total. The molecular formula is C16H15N3O4. The lowest BCUT2D eigenvalue weighted by Gasteiger charge is -2.09. The van der Waals surface area contributed by atoms with Gasteiger partial charge in [0.2, 0.25) is 5.71 Å². The number of aromatic amines is 1. The molecule has 0 radical (unpaired) electrons. The molecule has 23 heavy (non-hydrogen) atoms. The Morgan fingerprint density at radius 2 is 2.17 bits per heavy atom. The van der Waals surface area contributed by atoms with Gasteiger partial charge in [-0.3, -0.25) is 9.59 Å². The number of fused-ring (bicyclic) bond motifs is 1. The van der Waals surface area contributed by atoms with E-state index in [2.05, 4.69) is 15.3 Å². The highest BCUT2D eigenvalue weighted by Gasteiger charge is 2.21. The second-order valence-electron chi connectivity index (χ2n) is 4.94. The molecular weight excluding hydrogens is 298 g/mol. The second kappa shape index (κ2) is 5.96. The SMILES string of the molecule is COc1ccccc1CNC(=O)c1c(C)oc2nc[nH]c(=O)c12. The van der Waals surface area contributed by atoms with Gasteiger partial charge >= 0.3 is 0 Å². The van der Waals surface area contributed by atoms with Crippen molar-refractivity contribution in [2.45, 2.75) is 13.5 Å². The standard InChI is InChI=1S/C16H15N3O4/c1-9-12(13-15(21)18-8-19-16(13)23-9)14(20)17-7-10-5-3-4-6-11(10)22-2/h3-6,8H,7H2,1-2H3,(H,17,20)(H,18,19,21). The van der Waals surface area contributed by atoms with E-state index in [4.69, 9.17) is 9.15 Å². The summed E-state index contributed by atoms with van der Waals surface area (Å²) in [6.45, 7) is 1.90. The van der Waals surface area contributed by atoms with Crippen molar-refractivity contribution >= 4 is 17.0 Å². The van der Waals surface area contributed by atoms with E-state index in [-0.39, 0.29) is 23.2 Å². The Bertz CT molecular complexity index is 926. The maximum Gasteiger partial charge on any atom is 0.262 e. The summed E-state index contributed by atoms with van der Waals surface area (Å²) in [5.41, 5.74) is 0.771. The largest absolute Gasteiger partial charge is 0.496 e. The smallest absolute Gasteiger partial charge is 0.262 e. The molecule has 0 aliphatic heterocycles. The van der Waals surface area contributed by atoms with E-state index < -0.39 is 11.5 Å². The van der Waals surface area contributed by atoms with Crippen LogP contribution in [0.3, 0.4) is 0 Å². The number of methoxy groups -OCH3 is 1. The number of furan rings is 1. The summed E-state index contributed by atoms with van der Waals surface area (Å²) in [6, 6.07) is 7.38. The van der Waals surface area contributed by atoms with Crippen LogP contribution < -0.4 is 15.6 Å². The fourth-order valence-electron chi connectivity index (χ4n) is 2.44. The molecule has 7 heteroatoms. The quantitative estimate of drug-likeness (QED) is 0.765. The molecule has 3 rings (SSSR count). The summed E-state index contributed by atoms with van der Waals surface area (Å²) in [4.78, 5) is 30.8. The van der Waals surface area contributed by atoms with Gasteiger partial charge in [-0.1, -0.05) is 18.2 Å². The number of nitrogens with zero attached hydrogens (tertiary/aromatic N) is 1. The Morgan fingerprint density at radius 1 is 1.39 bits per heavy atom. The third-order valence-corrected chi connectivity index (χ3v) is 3.53. The average molecular weight is 313 g/mol. The Kier molecular flexibility index (Phi) is 3.84. The Balaban J connectivity index is 1.90. The monoisotopic (exact) mass is 313 g/mol. The van der Waals surface area contributed by atoms with Crippen LogP contribution in [-0.2, 0) is 6.54 Å². The lowest BCUT2D eigenvalue weighted by atomic mass is 10.1. The fourth-order valence-corrected chi connectivity index (χ4v) is 2.44. The molecule has 0 saturated carbocycles. The van der Waals surface area contributed by atoms with Crippen LogP contribution in [-0.4, -0.2) is 23.0 Å². The highest BCUT2D eigenvalue weighted by atomic mass is 16.5. The van der Waals surface area contributed by atoms with Gasteiger partial charge in [0.1, 0.15) is 16.9 Å². The number of benzene rings is 1. The van der Waals surface area contributed by atoms with Gasteiger partial charge in [0.05, 0.1) is 19.0 Å². The number of aromatic nitrogens is 2. The molecule has 0 bridgehead atoms. The van der Waals surface area contributed by atoms with Crippen LogP contribution in [0.1, 0.15) is 21.7 Å². The van der Waals surface area contributed by atoms with Gasteiger partial charge in [-0.25, -0.2) is 4.98 Å². The van der Waals surface area contributed by atoms with Crippen LogP contribution in [0.2, 0.25) is 0 Å². The van der Waals surface area contributed by atoms with Gasteiger partial charge in [-0.15, -0.1) is 0 Å². The average Bonchev–Trinajstić information content (AvgIpc) is 2.90. The number of hydrogen-bond acceptors (Lipinski definition) is 5. The second-order valence-corrected chi connectivity index (χ2v) is 4.94. The third-order valence-electron chi connectivity index (χ3n) is 3.53. The van der Waals surface area contributed by atoms with E-state index in [1.807, 2.05) is 24.3 Å². The summed E-state index contributed by atoms with van der Waals surface area (Å²) in [6.07, 6.45) is 1.24. The molecule has 0 saturated heterocycles. The molecule has 0 aliphatic rings. The minimum absolute atomic E-state index is 0.147. The van der Waals surface area contributed by atoms with Crippen LogP contribution in [0.25, 0.3) is 11.1 Å². The molecule has 1 aromatic carbocycles. The van der Waals surface area contributed by atoms with Crippen LogP contribution in [0.5, 0.6) is 5.75 Å². The van der Waals surface area contributed by atoms with Gasteiger partial charge in [0.25, 0.3) is 11.5 Å². The molecule has 2 heterocycles. The third kappa shape index (κ3) is 2.68. The maximum absolute atomic E-state index is 12.5.